The maximum absolute atomic E-state index is 13.0. The Morgan fingerprint density at radius 2 is 2.11 bits per heavy atom. The standard InChI is InChI=1S/C16H18FN5O4S/c1-10(22-15(23)7-11(17)9-19-22)16(24)21-12-3-4-13-14(8-12)27(25,26)20-6-2-5-18-13/h3-4,7-10,18,20H,2,5-6H2,1H3,(H,21,24). The third kappa shape index (κ3) is 4.14. The third-order valence-electron chi connectivity index (χ3n) is 4.04. The second-order valence-electron chi connectivity index (χ2n) is 6.01. The van der Waals surface area contributed by atoms with Crippen molar-refractivity contribution in [2.75, 3.05) is 23.7 Å². The first-order chi connectivity index (χ1) is 12.8. The summed E-state index contributed by atoms with van der Waals surface area (Å²) >= 11 is 0. The summed E-state index contributed by atoms with van der Waals surface area (Å²) < 4.78 is 41.1. The van der Waals surface area contributed by atoms with Crippen molar-refractivity contribution in [3.05, 3.63) is 46.6 Å². The Morgan fingerprint density at radius 3 is 2.85 bits per heavy atom. The van der Waals surface area contributed by atoms with Gasteiger partial charge in [0, 0.05) is 24.8 Å². The zero-order chi connectivity index (χ0) is 19.6. The quantitative estimate of drug-likeness (QED) is 0.702. The highest BCUT2D eigenvalue weighted by Gasteiger charge is 2.22. The maximum atomic E-state index is 13.0. The van der Waals surface area contributed by atoms with Crippen LogP contribution in [0.15, 0.2) is 40.2 Å². The van der Waals surface area contributed by atoms with Gasteiger partial charge in [-0.25, -0.2) is 22.2 Å². The Balaban J connectivity index is 1.86. The van der Waals surface area contributed by atoms with Crippen LogP contribution < -0.4 is 20.9 Å². The fourth-order valence-electron chi connectivity index (χ4n) is 2.61. The molecule has 3 N–H and O–H groups in total. The highest BCUT2D eigenvalue weighted by molar-refractivity contribution is 7.89. The smallest absolute Gasteiger partial charge is 0.270 e. The Labute approximate surface area is 154 Å². The summed E-state index contributed by atoms with van der Waals surface area (Å²) in [6, 6.07) is 4.15. The molecule has 11 heteroatoms. The number of sulfonamides is 1. The second-order valence-corrected chi connectivity index (χ2v) is 7.75. The molecule has 27 heavy (non-hydrogen) atoms. The number of fused-ring (bicyclic) bond motifs is 1. The fourth-order valence-corrected chi connectivity index (χ4v) is 3.89. The molecule has 0 radical (unpaired) electrons. The number of benzene rings is 1. The number of amides is 1. The molecular weight excluding hydrogens is 377 g/mol. The molecule has 0 fully saturated rings. The number of anilines is 2. The summed E-state index contributed by atoms with van der Waals surface area (Å²) in [6.45, 7) is 2.34. The van der Waals surface area contributed by atoms with Gasteiger partial charge in [-0.05, 0) is 31.5 Å². The van der Waals surface area contributed by atoms with Gasteiger partial charge < -0.3 is 10.6 Å². The predicted octanol–water partition coefficient (Wildman–Crippen LogP) is 0.676. The van der Waals surface area contributed by atoms with Crippen LogP contribution in [0.3, 0.4) is 0 Å². The lowest BCUT2D eigenvalue weighted by molar-refractivity contribution is -0.119. The van der Waals surface area contributed by atoms with Crippen molar-refractivity contribution >= 4 is 27.3 Å². The molecule has 1 aromatic heterocycles. The van der Waals surface area contributed by atoms with Crippen LogP contribution >= 0.6 is 0 Å². The molecule has 2 heterocycles. The van der Waals surface area contributed by atoms with Crippen molar-refractivity contribution in [1.29, 1.82) is 0 Å². The number of carbonyl (C=O) groups is 1. The third-order valence-corrected chi connectivity index (χ3v) is 5.54. The fraction of sp³-hybridized carbons (Fsp3) is 0.312. The van der Waals surface area contributed by atoms with Gasteiger partial charge in [-0.2, -0.15) is 5.10 Å². The first-order valence-corrected chi connectivity index (χ1v) is 9.69. The molecule has 3 rings (SSSR count). The highest BCUT2D eigenvalue weighted by atomic mass is 32.2. The van der Waals surface area contributed by atoms with E-state index in [1.807, 2.05) is 0 Å². The van der Waals surface area contributed by atoms with Gasteiger partial charge in [-0.15, -0.1) is 0 Å². The lowest BCUT2D eigenvalue weighted by atomic mass is 10.2. The lowest BCUT2D eigenvalue weighted by Crippen LogP contribution is -2.33. The van der Waals surface area contributed by atoms with Crippen molar-refractivity contribution in [1.82, 2.24) is 14.5 Å². The first kappa shape index (κ1) is 19.0. The van der Waals surface area contributed by atoms with Gasteiger partial charge >= 0.3 is 0 Å². The summed E-state index contributed by atoms with van der Waals surface area (Å²) in [5.41, 5.74) is -0.0787. The molecule has 1 unspecified atom stereocenters. The average Bonchev–Trinajstić information content (AvgIpc) is 2.60. The van der Waals surface area contributed by atoms with E-state index in [9.17, 15) is 22.4 Å². The number of aromatic nitrogens is 2. The first-order valence-electron chi connectivity index (χ1n) is 8.21. The summed E-state index contributed by atoms with van der Waals surface area (Å²) in [6.07, 6.45) is 1.48. The largest absolute Gasteiger partial charge is 0.384 e. The van der Waals surface area contributed by atoms with Crippen LogP contribution in [-0.4, -0.2) is 37.2 Å². The molecule has 0 spiro atoms. The van der Waals surface area contributed by atoms with E-state index in [4.69, 9.17) is 0 Å². The van der Waals surface area contributed by atoms with Crippen molar-refractivity contribution < 1.29 is 17.6 Å². The average molecular weight is 395 g/mol. The number of halogens is 1. The SMILES string of the molecule is CC(C(=O)Nc1ccc2c(c1)S(=O)(=O)NCCCN2)n1ncc(F)cc1=O. The van der Waals surface area contributed by atoms with Crippen LogP contribution in [0.2, 0.25) is 0 Å². The molecule has 0 saturated heterocycles. The molecule has 1 aromatic carbocycles. The van der Waals surface area contributed by atoms with Gasteiger partial charge in [0.25, 0.3) is 5.56 Å². The Hall–Kier alpha value is -2.79. The van der Waals surface area contributed by atoms with Crippen LogP contribution in [0.1, 0.15) is 19.4 Å². The number of hydrogen-bond acceptors (Lipinski definition) is 6. The van der Waals surface area contributed by atoms with Crippen LogP contribution in [0.5, 0.6) is 0 Å². The van der Waals surface area contributed by atoms with Crippen LogP contribution in [0.25, 0.3) is 0 Å². The van der Waals surface area contributed by atoms with Gasteiger partial charge in [0.15, 0.2) is 0 Å². The van der Waals surface area contributed by atoms with Crippen molar-refractivity contribution in [3.63, 3.8) is 0 Å². The molecule has 144 valence electrons. The van der Waals surface area contributed by atoms with Gasteiger partial charge in [0.2, 0.25) is 15.9 Å². The maximum Gasteiger partial charge on any atom is 0.270 e. The van der Waals surface area contributed by atoms with Gasteiger partial charge in [-0.3, -0.25) is 9.59 Å². The lowest BCUT2D eigenvalue weighted by Gasteiger charge is -2.19. The van der Waals surface area contributed by atoms with E-state index in [1.54, 1.807) is 12.1 Å². The van der Waals surface area contributed by atoms with Crippen LogP contribution in [0, 0.1) is 5.82 Å². The molecule has 1 amide bonds. The van der Waals surface area contributed by atoms with Crippen molar-refractivity contribution in [3.8, 4) is 0 Å². The molecule has 2 aromatic rings. The van der Waals surface area contributed by atoms with Crippen LogP contribution in [-0.2, 0) is 14.8 Å². The minimum absolute atomic E-state index is 0.0183. The molecule has 1 aliphatic heterocycles. The summed E-state index contributed by atoms with van der Waals surface area (Å²) in [7, 11) is -3.72. The minimum atomic E-state index is -3.72. The summed E-state index contributed by atoms with van der Waals surface area (Å²) in [5.74, 6) is -1.39. The van der Waals surface area contributed by atoms with Gasteiger partial charge in [-0.1, -0.05) is 0 Å². The van der Waals surface area contributed by atoms with E-state index >= 15 is 0 Å². The van der Waals surface area contributed by atoms with E-state index in [1.165, 1.54) is 13.0 Å². The van der Waals surface area contributed by atoms with Gasteiger partial charge in [0.1, 0.15) is 16.8 Å². The number of nitrogens with one attached hydrogen (secondary N) is 3. The highest BCUT2D eigenvalue weighted by Crippen LogP contribution is 2.26. The molecule has 1 atom stereocenters. The molecule has 0 saturated carbocycles. The van der Waals surface area contributed by atoms with E-state index in [0.29, 0.717) is 25.2 Å². The monoisotopic (exact) mass is 395 g/mol. The Kier molecular flexibility index (Phi) is 5.24. The summed E-state index contributed by atoms with van der Waals surface area (Å²) in [4.78, 5) is 24.2. The summed E-state index contributed by atoms with van der Waals surface area (Å²) in [5, 5.41) is 9.20. The predicted molar refractivity (Wildman–Crippen MR) is 96.5 cm³/mol. The number of hydrogen-bond donors (Lipinski definition) is 3. The topological polar surface area (TPSA) is 122 Å². The second kappa shape index (κ2) is 7.45. The van der Waals surface area contributed by atoms with Crippen molar-refractivity contribution in [2.24, 2.45) is 0 Å². The van der Waals surface area contributed by atoms with Gasteiger partial charge in [0.05, 0.1) is 11.9 Å². The van der Waals surface area contributed by atoms with E-state index in [-0.39, 0.29) is 10.6 Å². The zero-order valence-corrected chi connectivity index (χ0v) is 15.2. The number of carbonyl (C=O) groups excluding carboxylic acids is 1. The van der Waals surface area contributed by atoms with E-state index in [2.05, 4.69) is 20.5 Å². The van der Waals surface area contributed by atoms with E-state index < -0.39 is 33.3 Å². The Morgan fingerprint density at radius 1 is 1.33 bits per heavy atom. The Bertz CT molecular complexity index is 1040. The molecule has 1 aliphatic rings. The zero-order valence-electron chi connectivity index (χ0n) is 14.4. The van der Waals surface area contributed by atoms with Crippen molar-refractivity contribution in [2.45, 2.75) is 24.3 Å². The molecule has 0 aliphatic carbocycles. The normalized spacial score (nSPS) is 17.0. The number of nitrogens with zero attached hydrogens (tertiary/aromatic N) is 2. The van der Waals surface area contributed by atoms with Crippen LogP contribution in [0.4, 0.5) is 15.8 Å². The molecule has 9 nitrogen and oxygen atoms in total. The molecule has 0 bridgehead atoms. The number of rotatable bonds is 3. The minimum Gasteiger partial charge on any atom is -0.384 e. The molecular formula is C16H18FN5O4S. The van der Waals surface area contributed by atoms with E-state index in [0.717, 1.165) is 16.9 Å².